The lowest BCUT2D eigenvalue weighted by Gasteiger charge is -2.34. The number of aromatic nitrogens is 1. The highest BCUT2D eigenvalue weighted by molar-refractivity contribution is 5.90. The van der Waals surface area contributed by atoms with Gasteiger partial charge in [-0.2, -0.15) is 0 Å². The molecule has 3 rings (SSSR count). The zero-order valence-electron chi connectivity index (χ0n) is 13.5. The Kier molecular flexibility index (Phi) is 4.38. The summed E-state index contributed by atoms with van der Waals surface area (Å²) in [5.41, 5.74) is 1.32. The van der Waals surface area contributed by atoms with Crippen molar-refractivity contribution in [3.63, 3.8) is 0 Å². The molecule has 2 aromatic rings. The van der Waals surface area contributed by atoms with E-state index in [-0.39, 0.29) is 18.0 Å². The number of urea groups is 1. The number of hydrogen-bond donors (Lipinski definition) is 1. The second-order valence-electron chi connectivity index (χ2n) is 5.89. The van der Waals surface area contributed by atoms with Gasteiger partial charge in [0.05, 0.1) is 19.5 Å². The topological polar surface area (TPSA) is 80.7 Å². The monoisotopic (exact) mass is 319 g/mol. The van der Waals surface area contributed by atoms with Crippen LogP contribution in [0, 0.1) is 6.92 Å². The number of carbonyl (C=O) groups excluding carboxylic acids is 1. The molecule has 1 aliphatic rings. The van der Waals surface area contributed by atoms with Crippen LogP contribution in [-0.2, 0) is 4.74 Å². The number of nitrogens with one attached hydrogen (secondary N) is 1. The Balaban J connectivity index is 1.80. The van der Waals surface area contributed by atoms with E-state index in [0.717, 1.165) is 0 Å². The van der Waals surface area contributed by atoms with Gasteiger partial charge in [0.2, 0.25) is 0 Å². The van der Waals surface area contributed by atoms with Gasteiger partial charge in [-0.05, 0) is 19.1 Å². The van der Waals surface area contributed by atoms with E-state index in [1.54, 1.807) is 17.2 Å². The first-order chi connectivity index (χ1) is 11.1. The van der Waals surface area contributed by atoms with Crippen LogP contribution >= 0.6 is 0 Å². The summed E-state index contributed by atoms with van der Waals surface area (Å²) in [6, 6.07) is 3.22. The summed E-state index contributed by atoms with van der Waals surface area (Å²) in [5, 5.41) is 6.89. The van der Waals surface area contributed by atoms with E-state index in [9.17, 15) is 4.79 Å². The van der Waals surface area contributed by atoms with E-state index >= 15 is 0 Å². The van der Waals surface area contributed by atoms with Crippen LogP contribution in [0.1, 0.15) is 43.0 Å². The van der Waals surface area contributed by atoms with Gasteiger partial charge in [0, 0.05) is 12.5 Å². The normalized spacial score (nSPS) is 18.4. The van der Waals surface area contributed by atoms with E-state index in [1.165, 1.54) is 0 Å². The molecule has 0 aliphatic carbocycles. The summed E-state index contributed by atoms with van der Waals surface area (Å²) in [6.45, 7) is 7.23. The number of anilines is 1. The second kappa shape index (κ2) is 6.45. The summed E-state index contributed by atoms with van der Waals surface area (Å²) in [6.07, 6.45) is 1.60. The van der Waals surface area contributed by atoms with Crippen LogP contribution in [0.3, 0.4) is 0 Å². The van der Waals surface area contributed by atoms with E-state index < -0.39 is 0 Å². The van der Waals surface area contributed by atoms with E-state index in [1.807, 2.05) is 26.8 Å². The molecule has 0 spiro atoms. The van der Waals surface area contributed by atoms with E-state index in [4.69, 9.17) is 13.7 Å². The zero-order chi connectivity index (χ0) is 16.4. The van der Waals surface area contributed by atoms with Gasteiger partial charge in [-0.15, -0.1) is 0 Å². The molecule has 3 heterocycles. The van der Waals surface area contributed by atoms with Crippen molar-refractivity contribution in [1.29, 1.82) is 0 Å². The van der Waals surface area contributed by atoms with Gasteiger partial charge < -0.3 is 23.9 Å². The average molecular weight is 319 g/mol. The van der Waals surface area contributed by atoms with Crippen LogP contribution < -0.4 is 5.32 Å². The van der Waals surface area contributed by atoms with E-state index in [2.05, 4.69) is 10.5 Å². The lowest BCUT2D eigenvalue weighted by Crippen LogP contribution is -2.45. The Hall–Kier alpha value is -2.28. The fourth-order valence-electron chi connectivity index (χ4n) is 2.68. The Morgan fingerprint density at radius 2 is 2.30 bits per heavy atom. The van der Waals surface area contributed by atoms with Crippen LogP contribution in [-0.4, -0.2) is 35.8 Å². The Morgan fingerprint density at radius 1 is 1.48 bits per heavy atom. The predicted octanol–water partition coefficient (Wildman–Crippen LogP) is 3.30. The number of morpholine rings is 1. The molecular weight excluding hydrogens is 298 g/mol. The number of nitrogens with zero attached hydrogens (tertiary/aromatic N) is 2. The molecule has 1 N–H and O–H groups in total. The van der Waals surface area contributed by atoms with Crippen LogP contribution in [0.5, 0.6) is 0 Å². The number of aryl methyl sites for hydroxylation is 1. The van der Waals surface area contributed by atoms with Crippen molar-refractivity contribution in [3.05, 3.63) is 35.6 Å². The number of carbonyl (C=O) groups is 1. The first kappa shape index (κ1) is 15.6. The molecule has 0 bridgehead atoms. The average Bonchev–Trinajstić information content (AvgIpc) is 3.18. The minimum atomic E-state index is -0.235. The largest absolute Gasteiger partial charge is 0.467 e. The number of hydrogen-bond acceptors (Lipinski definition) is 5. The Labute approximate surface area is 134 Å². The quantitative estimate of drug-likeness (QED) is 0.938. The fraction of sp³-hybridized carbons (Fsp3) is 0.500. The molecule has 7 heteroatoms. The predicted molar refractivity (Wildman–Crippen MR) is 83.3 cm³/mol. The molecule has 0 aromatic carbocycles. The van der Waals surface area contributed by atoms with Crippen molar-refractivity contribution < 1.29 is 18.5 Å². The second-order valence-corrected chi connectivity index (χ2v) is 5.89. The lowest BCUT2D eigenvalue weighted by molar-refractivity contribution is 0.00733. The maximum Gasteiger partial charge on any atom is 0.322 e. The fourth-order valence-corrected chi connectivity index (χ4v) is 2.68. The summed E-state index contributed by atoms with van der Waals surface area (Å²) in [7, 11) is 0. The summed E-state index contributed by atoms with van der Waals surface area (Å²) in [5.74, 6) is 1.53. The molecule has 7 nitrogen and oxygen atoms in total. The van der Waals surface area contributed by atoms with Gasteiger partial charge in [-0.3, -0.25) is 0 Å². The van der Waals surface area contributed by atoms with Gasteiger partial charge in [0.15, 0.2) is 5.76 Å². The number of ether oxygens (including phenoxy) is 1. The number of amides is 2. The third-order valence-electron chi connectivity index (χ3n) is 3.91. The molecule has 0 radical (unpaired) electrons. The third-order valence-corrected chi connectivity index (χ3v) is 3.91. The zero-order valence-corrected chi connectivity index (χ0v) is 13.5. The van der Waals surface area contributed by atoms with Crippen LogP contribution in [0.2, 0.25) is 0 Å². The van der Waals surface area contributed by atoms with Gasteiger partial charge in [-0.1, -0.05) is 19.0 Å². The standard InChI is InChI=1S/C16H21N3O4/c1-10(2)15-14(11(3)18-23-15)17-16(20)19-6-8-21-9-12(19)13-5-4-7-22-13/h4-5,7,10,12H,6,8-9H2,1-3H3,(H,17,20). The van der Waals surface area contributed by atoms with Crippen molar-refractivity contribution in [2.75, 3.05) is 25.1 Å². The van der Waals surface area contributed by atoms with Gasteiger partial charge >= 0.3 is 6.03 Å². The minimum Gasteiger partial charge on any atom is -0.467 e. The maximum absolute atomic E-state index is 12.7. The lowest BCUT2D eigenvalue weighted by atomic mass is 10.1. The Bertz CT molecular complexity index is 663. The van der Waals surface area contributed by atoms with Crippen LogP contribution in [0.25, 0.3) is 0 Å². The van der Waals surface area contributed by atoms with Crippen molar-refractivity contribution in [1.82, 2.24) is 10.1 Å². The van der Waals surface area contributed by atoms with Gasteiger partial charge in [0.1, 0.15) is 23.2 Å². The molecule has 2 aromatic heterocycles. The summed E-state index contributed by atoms with van der Waals surface area (Å²) < 4.78 is 16.3. The smallest absolute Gasteiger partial charge is 0.322 e. The van der Waals surface area contributed by atoms with Gasteiger partial charge in [0.25, 0.3) is 0 Å². The highest BCUT2D eigenvalue weighted by Gasteiger charge is 2.31. The minimum absolute atomic E-state index is 0.136. The van der Waals surface area contributed by atoms with Crippen LogP contribution in [0.4, 0.5) is 10.5 Å². The first-order valence-corrected chi connectivity index (χ1v) is 7.73. The van der Waals surface area contributed by atoms with Crippen molar-refractivity contribution in [3.8, 4) is 0 Å². The summed E-state index contributed by atoms with van der Waals surface area (Å²) >= 11 is 0. The molecule has 1 atom stereocenters. The van der Waals surface area contributed by atoms with Crippen molar-refractivity contribution in [2.24, 2.45) is 0 Å². The highest BCUT2D eigenvalue weighted by Crippen LogP contribution is 2.29. The molecule has 0 saturated carbocycles. The third kappa shape index (κ3) is 3.10. The molecule has 1 aliphatic heterocycles. The Morgan fingerprint density at radius 3 is 3.00 bits per heavy atom. The SMILES string of the molecule is Cc1noc(C(C)C)c1NC(=O)N1CCOCC1c1ccco1. The van der Waals surface area contributed by atoms with Crippen molar-refractivity contribution in [2.45, 2.75) is 32.7 Å². The number of furan rings is 1. The molecular formula is C16H21N3O4. The molecule has 2 amide bonds. The molecule has 1 unspecified atom stereocenters. The summed E-state index contributed by atoms with van der Waals surface area (Å²) in [4.78, 5) is 14.5. The molecule has 124 valence electrons. The van der Waals surface area contributed by atoms with Gasteiger partial charge in [-0.25, -0.2) is 4.79 Å². The highest BCUT2D eigenvalue weighted by atomic mass is 16.5. The molecule has 1 fully saturated rings. The number of rotatable bonds is 3. The first-order valence-electron chi connectivity index (χ1n) is 7.73. The van der Waals surface area contributed by atoms with Crippen molar-refractivity contribution >= 4 is 11.7 Å². The maximum atomic E-state index is 12.7. The van der Waals surface area contributed by atoms with E-state index in [0.29, 0.717) is 42.7 Å². The van der Waals surface area contributed by atoms with Crippen LogP contribution in [0.15, 0.2) is 27.3 Å². The molecule has 1 saturated heterocycles. The molecule has 23 heavy (non-hydrogen) atoms.